The van der Waals surface area contributed by atoms with Gasteiger partial charge in [-0.3, -0.25) is 4.57 Å². The number of hydrogen-bond donors (Lipinski definition) is 0. The first kappa shape index (κ1) is 16.7. The quantitative estimate of drug-likeness (QED) is 0.630. The van der Waals surface area contributed by atoms with Crippen molar-refractivity contribution < 1.29 is 9.13 Å². The Balaban J connectivity index is 1.92. The third-order valence-corrected chi connectivity index (χ3v) is 4.53. The molecule has 0 aliphatic carbocycles. The van der Waals surface area contributed by atoms with Gasteiger partial charge in [-0.2, -0.15) is 0 Å². The lowest BCUT2D eigenvalue weighted by Crippen LogP contribution is -2.04. The highest BCUT2D eigenvalue weighted by atomic mass is 32.2. The van der Waals surface area contributed by atoms with Crippen LogP contribution in [0.3, 0.4) is 0 Å². The number of halogens is 1. The van der Waals surface area contributed by atoms with Crippen molar-refractivity contribution in [1.29, 1.82) is 0 Å². The summed E-state index contributed by atoms with van der Waals surface area (Å²) in [7, 11) is 1.63. The molecule has 124 valence electrons. The number of benzene rings is 2. The number of hydrogen-bond acceptors (Lipinski definition) is 4. The summed E-state index contributed by atoms with van der Waals surface area (Å²) in [6.07, 6.45) is 0. The van der Waals surface area contributed by atoms with Crippen molar-refractivity contribution in [1.82, 2.24) is 14.8 Å². The topological polar surface area (TPSA) is 39.9 Å². The number of methoxy groups -OCH3 is 1. The summed E-state index contributed by atoms with van der Waals surface area (Å²) in [4.78, 5) is 0. The standard InChI is InChI=1S/C18H18FN3OS/c1-13-6-5-8-15(10-13)22-17(11-23-2)20-21-18(22)24-12-14-7-3-4-9-16(14)19/h3-10H,11-12H2,1-2H3. The summed E-state index contributed by atoms with van der Waals surface area (Å²) in [6.45, 7) is 2.40. The maximum absolute atomic E-state index is 13.8. The molecule has 0 saturated carbocycles. The van der Waals surface area contributed by atoms with Gasteiger partial charge in [-0.05, 0) is 36.2 Å². The normalized spacial score (nSPS) is 11.0. The fourth-order valence-corrected chi connectivity index (χ4v) is 3.36. The molecule has 0 N–H and O–H groups in total. The molecule has 0 unspecified atom stereocenters. The first-order chi connectivity index (χ1) is 11.7. The Morgan fingerprint density at radius 3 is 2.71 bits per heavy atom. The molecule has 0 fully saturated rings. The number of rotatable bonds is 6. The molecule has 1 heterocycles. The average molecular weight is 343 g/mol. The van der Waals surface area contributed by atoms with Gasteiger partial charge < -0.3 is 4.74 Å². The van der Waals surface area contributed by atoms with E-state index >= 15 is 0 Å². The Kier molecular flexibility index (Phi) is 5.27. The van der Waals surface area contributed by atoms with Gasteiger partial charge in [-0.15, -0.1) is 10.2 Å². The Bertz CT molecular complexity index is 835. The van der Waals surface area contributed by atoms with Gasteiger partial charge in [-0.1, -0.05) is 42.1 Å². The zero-order valence-electron chi connectivity index (χ0n) is 13.6. The minimum Gasteiger partial charge on any atom is -0.377 e. The van der Waals surface area contributed by atoms with Crippen LogP contribution in [0.1, 0.15) is 17.0 Å². The van der Waals surface area contributed by atoms with Gasteiger partial charge in [0.1, 0.15) is 12.4 Å². The molecule has 0 atom stereocenters. The van der Waals surface area contributed by atoms with Gasteiger partial charge in [0.05, 0.1) is 0 Å². The maximum Gasteiger partial charge on any atom is 0.196 e. The third kappa shape index (κ3) is 3.66. The molecule has 4 nitrogen and oxygen atoms in total. The summed E-state index contributed by atoms with van der Waals surface area (Å²) in [5, 5.41) is 9.20. The van der Waals surface area contributed by atoms with E-state index in [1.807, 2.05) is 35.8 Å². The summed E-state index contributed by atoms with van der Waals surface area (Å²) >= 11 is 1.46. The molecule has 3 rings (SSSR count). The lowest BCUT2D eigenvalue weighted by atomic mass is 10.2. The Morgan fingerprint density at radius 2 is 1.96 bits per heavy atom. The monoisotopic (exact) mass is 343 g/mol. The van der Waals surface area contributed by atoms with Crippen molar-refractivity contribution >= 4 is 11.8 Å². The van der Waals surface area contributed by atoms with Crippen LogP contribution < -0.4 is 0 Å². The summed E-state index contributed by atoms with van der Waals surface area (Å²) in [5.41, 5.74) is 2.77. The van der Waals surface area contributed by atoms with Crippen LogP contribution in [0.25, 0.3) is 5.69 Å². The van der Waals surface area contributed by atoms with Gasteiger partial charge in [0.2, 0.25) is 0 Å². The number of thioether (sulfide) groups is 1. The molecule has 2 aromatic carbocycles. The highest BCUT2D eigenvalue weighted by molar-refractivity contribution is 7.98. The van der Waals surface area contributed by atoms with E-state index in [0.29, 0.717) is 17.9 Å². The second-order valence-corrected chi connectivity index (χ2v) is 6.33. The predicted molar refractivity (Wildman–Crippen MR) is 92.8 cm³/mol. The molecule has 0 aliphatic heterocycles. The summed E-state index contributed by atoms with van der Waals surface area (Å²) in [6, 6.07) is 14.9. The highest BCUT2D eigenvalue weighted by Gasteiger charge is 2.15. The van der Waals surface area contributed by atoms with Crippen molar-refractivity contribution in [3.05, 3.63) is 71.3 Å². The third-order valence-electron chi connectivity index (χ3n) is 3.55. The lowest BCUT2D eigenvalue weighted by Gasteiger charge is -2.10. The van der Waals surface area contributed by atoms with Crippen LogP contribution in [0.4, 0.5) is 4.39 Å². The lowest BCUT2D eigenvalue weighted by molar-refractivity contribution is 0.176. The Labute approximate surface area is 144 Å². The maximum atomic E-state index is 13.8. The molecule has 0 bridgehead atoms. The van der Waals surface area contributed by atoms with Crippen LogP contribution in [0.5, 0.6) is 0 Å². The van der Waals surface area contributed by atoms with E-state index in [1.54, 1.807) is 19.2 Å². The molecule has 0 amide bonds. The molecule has 24 heavy (non-hydrogen) atoms. The van der Waals surface area contributed by atoms with Gasteiger partial charge in [0.15, 0.2) is 11.0 Å². The summed E-state index contributed by atoms with van der Waals surface area (Å²) < 4.78 is 21.0. The van der Waals surface area contributed by atoms with Crippen molar-refractivity contribution in [3.63, 3.8) is 0 Å². The fraction of sp³-hybridized carbons (Fsp3) is 0.222. The largest absolute Gasteiger partial charge is 0.377 e. The Hall–Kier alpha value is -2.18. The number of aryl methyl sites for hydroxylation is 1. The summed E-state index contributed by atoms with van der Waals surface area (Å²) in [5.74, 6) is 1.01. The predicted octanol–water partition coefficient (Wildman–Crippen LogP) is 4.15. The van der Waals surface area contributed by atoms with Gasteiger partial charge in [0, 0.05) is 18.6 Å². The molecule has 6 heteroatoms. The minimum absolute atomic E-state index is 0.205. The van der Waals surface area contributed by atoms with E-state index in [1.165, 1.54) is 17.8 Å². The van der Waals surface area contributed by atoms with Crippen LogP contribution in [-0.4, -0.2) is 21.9 Å². The van der Waals surface area contributed by atoms with Crippen LogP contribution >= 0.6 is 11.8 Å². The SMILES string of the molecule is COCc1nnc(SCc2ccccc2F)n1-c1cccc(C)c1. The smallest absolute Gasteiger partial charge is 0.196 e. The molecular weight excluding hydrogens is 325 g/mol. The van der Waals surface area contributed by atoms with Gasteiger partial charge in [0.25, 0.3) is 0 Å². The number of ether oxygens (including phenoxy) is 1. The van der Waals surface area contributed by atoms with Crippen molar-refractivity contribution in [3.8, 4) is 5.69 Å². The van der Waals surface area contributed by atoms with Crippen LogP contribution in [0.2, 0.25) is 0 Å². The van der Waals surface area contributed by atoms with E-state index in [-0.39, 0.29) is 5.82 Å². The molecule has 3 aromatic rings. The zero-order valence-corrected chi connectivity index (χ0v) is 14.4. The van der Waals surface area contributed by atoms with E-state index in [9.17, 15) is 4.39 Å². The first-order valence-corrected chi connectivity index (χ1v) is 8.54. The van der Waals surface area contributed by atoms with Crippen molar-refractivity contribution in [2.45, 2.75) is 24.4 Å². The van der Waals surface area contributed by atoms with Gasteiger partial charge >= 0.3 is 0 Å². The number of aromatic nitrogens is 3. The Morgan fingerprint density at radius 1 is 1.12 bits per heavy atom. The van der Waals surface area contributed by atoms with Gasteiger partial charge in [-0.25, -0.2) is 4.39 Å². The fourth-order valence-electron chi connectivity index (χ4n) is 2.40. The van der Waals surface area contributed by atoms with Crippen molar-refractivity contribution in [2.75, 3.05) is 7.11 Å². The van der Waals surface area contributed by atoms with Crippen molar-refractivity contribution in [2.24, 2.45) is 0 Å². The molecule has 0 radical (unpaired) electrons. The van der Waals surface area contributed by atoms with Crippen LogP contribution in [0.15, 0.2) is 53.7 Å². The van der Waals surface area contributed by atoms with Crippen LogP contribution in [0, 0.1) is 12.7 Å². The number of nitrogens with zero attached hydrogens (tertiary/aromatic N) is 3. The van der Waals surface area contributed by atoms with E-state index in [0.717, 1.165) is 22.2 Å². The second-order valence-electron chi connectivity index (χ2n) is 5.39. The zero-order chi connectivity index (χ0) is 16.9. The molecule has 1 aromatic heterocycles. The molecule has 0 aliphatic rings. The van der Waals surface area contributed by atoms with E-state index in [4.69, 9.17) is 4.74 Å². The highest BCUT2D eigenvalue weighted by Crippen LogP contribution is 2.26. The van der Waals surface area contributed by atoms with E-state index in [2.05, 4.69) is 16.3 Å². The second kappa shape index (κ2) is 7.59. The molecule has 0 spiro atoms. The molecule has 0 saturated heterocycles. The first-order valence-electron chi connectivity index (χ1n) is 7.55. The molecular formula is C18H18FN3OS. The van der Waals surface area contributed by atoms with Crippen LogP contribution in [-0.2, 0) is 17.1 Å². The average Bonchev–Trinajstić information content (AvgIpc) is 2.97. The minimum atomic E-state index is -0.205. The van der Waals surface area contributed by atoms with E-state index < -0.39 is 0 Å².